The second-order valence-corrected chi connectivity index (χ2v) is 10.3. The number of pyridine rings is 1. The van der Waals surface area contributed by atoms with Gasteiger partial charge in [-0.1, -0.05) is 6.08 Å². The van der Waals surface area contributed by atoms with Crippen molar-refractivity contribution in [1.29, 1.82) is 0 Å². The van der Waals surface area contributed by atoms with E-state index in [9.17, 15) is 31.4 Å². The monoisotopic (exact) mass is 553 g/mol. The van der Waals surface area contributed by atoms with E-state index in [2.05, 4.69) is 11.6 Å². The molecule has 1 aliphatic rings. The molecule has 3 aromatic rings. The van der Waals surface area contributed by atoms with Crippen LogP contribution in [-0.2, 0) is 18.9 Å². The molecule has 10 heteroatoms. The lowest BCUT2D eigenvalue weighted by Gasteiger charge is -2.49. The number of benzene rings is 2. The van der Waals surface area contributed by atoms with Crippen LogP contribution in [0, 0.1) is 5.92 Å². The average molecular weight is 554 g/mol. The molecule has 0 aliphatic carbocycles. The van der Waals surface area contributed by atoms with Crippen LogP contribution in [0.5, 0.6) is 5.75 Å². The van der Waals surface area contributed by atoms with Gasteiger partial charge in [0.2, 0.25) is 0 Å². The van der Waals surface area contributed by atoms with Crippen molar-refractivity contribution in [3.05, 3.63) is 83.6 Å². The van der Waals surface area contributed by atoms with Gasteiger partial charge in [-0.2, -0.15) is 26.3 Å². The number of hydrogen-bond acceptors (Lipinski definition) is 3. The molecule has 210 valence electrons. The first-order valence-corrected chi connectivity index (χ1v) is 12.6. The van der Waals surface area contributed by atoms with E-state index in [-0.39, 0.29) is 28.6 Å². The number of quaternary nitrogens is 1. The second kappa shape index (κ2) is 10.8. The van der Waals surface area contributed by atoms with Gasteiger partial charge in [0.25, 0.3) is 0 Å². The van der Waals surface area contributed by atoms with E-state index < -0.39 is 35.6 Å². The molecule has 1 fully saturated rings. The van der Waals surface area contributed by atoms with Crippen molar-refractivity contribution in [3.8, 4) is 5.75 Å². The minimum absolute atomic E-state index is 0.00411. The van der Waals surface area contributed by atoms with Gasteiger partial charge in [0.1, 0.15) is 24.4 Å². The number of hydrogen-bond donors (Lipinski definition) is 1. The minimum Gasteiger partial charge on any atom is -0.497 e. The molecule has 1 aliphatic heterocycles. The van der Waals surface area contributed by atoms with Gasteiger partial charge in [-0.15, -0.1) is 6.58 Å². The van der Waals surface area contributed by atoms with Gasteiger partial charge >= 0.3 is 12.4 Å². The number of rotatable bonds is 7. The molecule has 0 bridgehead atoms. The number of aromatic nitrogens is 1. The lowest BCUT2D eigenvalue weighted by Crippen LogP contribution is -2.60. The first kappa shape index (κ1) is 28.9. The van der Waals surface area contributed by atoms with Crippen LogP contribution in [0.1, 0.15) is 48.1 Å². The SMILES string of the molecule is C=CC1CCC[N+](Cc2cc(C(F)(F)F)cc(C(F)(F)F)c2)([C@H](C)[C@@H](O)c2ccnc3ccc(OC)cc23)C1. The predicted octanol–water partition coefficient (Wildman–Crippen LogP) is 7.32. The molecular weight excluding hydrogens is 522 g/mol. The largest absolute Gasteiger partial charge is 0.497 e. The molecular formula is C29H31F6N2O2+. The van der Waals surface area contributed by atoms with Crippen molar-refractivity contribution in [2.24, 2.45) is 5.92 Å². The van der Waals surface area contributed by atoms with E-state index >= 15 is 0 Å². The van der Waals surface area contributed by atoms with E-state index in [1.807, 2.05) is 0 Å². The number of nitrogens with zero attached hydrogens (tertiary/aromatic N) is 2. The Labute approximate surface area is 223 Å². The molecule has 2 unspecified atom stereocenters. The average Bonchev–Trinajstić information content (AvgIpc) is 2.90. The second-order valence-electron chi connectivity index (χ2n) is 10.3. The Bertz CT molecular complexity index is 1310. The molecule has 0 saturated carbocycles. The van der Waals surface area contributed by atoms with Crippen molar-refractivity contribution in [1.82, 2.24) is 4.98 Å². The summed E-state index contributed by atoms with van der Waals surface area (Å²) in [6.07, 6.45) is -6.14. The van der Waals surface area contributed by atoms with Gasteiger partial charge in [0, 0.05) is 23.1 Å². The highest BCUT2D eigenvalue weighted by molar-refractivity contribution is 5.83. The first-order chi connectivity index (χ1) is 18.3. The van der Waals surface area contributed by atoms with Crippen LogP contribution < -0.4 is 4.74 Å². The van der Waals surface area contributed by atoms with E-state index in [4.69, 9.17) is 4.74 Å². The van der Waals surface area contributed by atoms with Gasteiger partial charge in [-0.25, -0.2) is 0 Å². The summed E-state index contributed by atoms with van der Waals surface area (Å²) in [6, 6.07) is 8.09. The fourth-order valence-electron chi connectivity index (χ4n) is 5.73. The third kappa shape index (κ3) is 6.06. The summed E-state index contributed by atoms with van der Waals surface area (Å²) in [5.41, 5.74) is -1.58. The highest BCUT2D eigenvalue weighted by Crippen LogP contribution is 2.40. The standard InChI is InChI=1S/C29H31F6N2O2/c1-4-19-6-5-11-37(16-19,17-20-12-21(28(30,31)32)14-22(13-20)29(33,34)35)18(2)27(38)24-9-10-36-26-8-7-23(39-3)15-25(24)26/h4,7-10,12-15,18-19,27,38H,1,5-6,11,16-17H2,2-3H3/q+1/t18-,19?,27-,37?/m1/s1. The summed E-state index contributed by atoms with van der Waals surface area (Å²) in [5, 5.41) is 12.4. The van der Waals surface area contributed by atoms with Crippen molar-refractivity contribution in [2.45, 2.75) is 50.8 Å². The zero-order chi connectivity index (χ0) is 28.6. The summed E-state index contributed by atoms with van der Waals surface area (Å²) in [5.74, 6) is 0.560. The molecule has 0 amide bonds. The van der Waals surface area contributed by atoms with E-state index in [1.165, 1.54) is 7.11 Å². The highest BCUT2D eigenvalue weighted by atomic mass is 19.4. The van der Waals surface area contributed by atoms with Gasteiger partial charge in [-0.05, 0) is 67.8 Å². The summed E-state index contributed by atoms with van der Waals surface area (Å²) in [7, 11) is 1.52. The first-order valence-electron chi connectivity index (χ1n) is 12.6. The number of piperidine rings is 1. The lowest BCUT2D eigenvalue weighted by atomic mass is 9.89. The Balaban J connectivity index is 1.81. The molecule has 1 aromatic heterocycles. The maximum absolute atomic E-state index is 13.6. The molecule has 0 spiro atoms. The number of fused-ring (bicyclic) bond motifs is 1. The maximum Gasteiger partial charge on any atom is 0.416 e. The van der Waals surface area contributed by atoms with Gasteiger partial charge in [-0.3, -0.25) is 4.98 Å². The summed E-state index contributed by atoms with van der Waals surface area (Å²) in [4.78, 5) is 4.35. The normalized spacial score (nSPS) is 21.9. The number of methoxy groups -OCH3 is 1. The van der Waals surface area contributed by atoms with Crippen LogP contribution >= 0.6 is 0 Å². The molecule has 4 nitrogen and oxygen atoms in total. The van der Waals surface area contributed by atoms with E-state index in [0.29, 0.717) is 41.7 Å². The number of aliphatic hydroxyl groups excluding tert-OH is 1. The molecule has 1 saturated heterocycles. The highest BCUT2D eigenvalue weighted by Gasteiger charge is 2.44. The van der Waals surface area contributed by atoms with Crippen LogP contribution in [0.25, 0.3) is 10.9 Å². The lowest BCUT2D eigenvalue weighted by molar-refractivity contribution is -0.972. The molecule has 39 heavy (non-hydrogen) atoms. The number of likely N-dealkylation sites (tertiary alicyclic amines) is 1. The molecule has 4 atom stereocenters. The fourth-order valence-corrected chi connectivity index (χ4v) is 5.73. The number of aliphatic hydroxyl groups is 1. The Morgan fingerprint density at radius 2 is 1.74 bits per heavy atom. The van der Waals surface area contributed by atoms with Crippen LogP contribution in [0.2, 0.25) is 0 Å². The Morgan fingerprint density at radius 3 is 2.33 bits per heavy atom. The van der Waals surface area contributed by atoms with E-state index in [1.54, 1.807) is 43.5 Å². The Hall–Kier alpha value is -3.11. The molecule has 2 heterocycles. The molecule has 0 radical (unpaired) electrons. The number of alkyl halides is 6. The zero-order valence-corrected chi connectivity index (χ0v) is 21.7. The molecule has 2 aromatic carbocycles. The van der Waals surface area contributed by atoms with Gasteiger partial charge in [0.15, 0.2) is 0 Å². The molecule has 4 rings (SSSR count). The van der Waals surface area contributed by atoms with Crippen LogP contribution in [-0.4, -0.2) is 40.8 Å². The van der Waals surface area contributed by atoms with Gasteiger partial charge < -0.3 is 14.3 Å². The Kier molecular flexibility index (Phi) is 8.01. The predicted molar refractivity (Wildman–Crippen MR) is 136 cm³/mol. The number of halogens is 6. The van der Waals surface area contributed by atoms with Crippen LogP contribution in [0.15, 0.2) is 61.3 Å². The zero-order valence-electron chi connectivity index (χ0n) is 21.7. The fraction of sp³-hybridized carbons (Fsp3) is 0.414. The molecule has 1 N–H and O–H groups in total. The van der Waals surface area contributed by atoms with Crippen LogP contribution in [0.4, 0.5) is 26.3 Å². The summed E-state index contributed by atoms with van der Waals surface area (Å²) >= 11 is 0. The third-order valence-corrected chi connectivity index (χ3v) is 7.88. The quantitative estimate of drug-likeness (QED) is 0.190. The maximum atomic E-state index is 13.6. The Morgan fingerprint density at radius 1 is 1.08 bits per heavy atom. The third-order valence-electron chi connectivity index (χ3n) is 7.88. The smallest absolute Gasteiger partial charge is 0.416 e. The van der Waals surface area contributed by atoms with Crippen molar-refractivity contribution in [3.63, 3.8) is 0 Å². The van der Waals surface area contributed by atoms with Gasteiger partial charge in [0.05, 0.1) is 36.8 Å². The van der Waals surface area contributed by atoms with Crippen molar-refractivity contribution in [2.75, 3.05) is 20.2 Å². The van der Waals surface area contributed by atoms with Crippen LogP contribution in [0.3, 0.4) is 0 Å². The van der Waals surface area contributed by atoms with Crippen molar-refractivity contribution < 1.29 is 40.7 Å². The van der Waals surface area contributed by atoms with Crippen molar-refractivity contribution >= 4 is 10.9 Å². The van der Waals surface area contributed by atoms with E-state index in [0.717, 1.165) is 18.6 Å². The minimum atomic E-state index is -4.94. The topological polar surface area (TPSA) is 42.4 Å². The number of ether oxygens (including phenoxy) is 1. The summed E-state index contributed by atoms with van der Waals surface area (Å²) in [6.45, 7) is 6.46. The summed E-state index contributed by atoms with van der Waals surface area (Å²) < 4.78 is 87.1.